The molecule has 1 aliphatic rings. The summed E-state index contributed by atoms with van der Waals surface area (Å²) in [6, 6.07) is -0.828. The molecule has 9 heteroatoms. The standard InChI is InChI=1S/C36H63NO8/c1-3-5-7-9-11-13-14-15-16-18-20-22-24-26-32(40)37-29(30(39)25-23-21-19-17-12-10-8-6-4-2)28-44-36-35(43)34(42)33(41)31(27-38)45-36/h4,6,12-14,17,23,25,29-31,33-36,38-39,41-43H,3,5,7-11,15-16,18-22,24,26-28H2,1-2H3,(H,37,40)/b6-4+,14-13-,17-12+,25-23+. The lowest BCUT2D eigenvalue weighted by atomic mass is 9.99. The topological polar surface area (TPSA) is 149 Å². The highest BCUT2D eigenvalue weighted by Crippen LogP contribution is 2.22. The number of aliphatic hydroxyl groups is 5. The highest BCUT2D eigenvalue weighted by molar-refractivity contribution is 5.76. The average molecular weight is 638 g/mol. The minimum atomic E-state index is -1.57. The second kappa shape index (κ2) is 27.3. The number of amides is 1. The van der Waals surface area contributed by atoms with Crippen molar-refractivity contribution in [2.45, 2.75) is 159 Å². The molecule has 0 spiro atoms. The van der Waals surface area contributed by atoms with E-state index in [4.69, 9.17) is 9.47 Å². The second-order valence-electron chi connectivity index (χ2n) is 11.9. The predicted molar refractivity (Wildman–Crippen MR) is 179 cm³/mol. The van der Waals surface area contributed by atoms with Crippen LogP contribution in [0.25, 0.3) is 0 Å². The molecule has 45 heavy (non-hydrogen) atoms. The summed E-state index contributed by atoms with van der Waals surface area (Å²) < 4.78 is 11.1. The molecule has 0 aliphatic carbocycles. The average Bonchev–Trinajstić information content (AvgIpc) is 3.04. The maximum atomic E-state index is 12.8. The van der Waals surface area contributed by atoms with Crippen LogP contribution in [0.3, 0.4) is 0 Å². The van der Waals surface area contributed by atoms with Crippen LogP contribution in [0.15, 0.2) is 48.6 Å². The van der Waals surface area contributed by atoms with Gasteiger partial charge in [-0.3, -0.25) is 4.79 Å². The summed E-state index contributed by atoms with van der Waals surface area (Å²) in [4.78, 5) is 12.8. The minimum absolute atomic E-state index is 0.208. The summed E-state index contributed by atoms with van der Waals surface area (Å²) >= 11 is 0. The number of unbranched alkanes of at least 4 members (excludes halogenated alkanes) is 11. The van der Waals surface area contributed by atoms with Gasteiger partial charge >= 0.3 is 0 Å². The Morgan fingerprint density at radius 2 is 1.36 bits per heavy atom. The monoisotopic (exact) mass is 637 g/mol. The van der Waals surface area contributed by atoms with Crippen molar-refractivity contribution in [1.29, 1.82) is 0 Å². The normalized spacial score (nSPS) is 23.9. The maximum Gasteiger partial charge on any atom is 0.220 e. The molecule has 0 radical (unpaired) electrons. The van der Waals surface area contributed by atoms with Crippen LogP contribution in [-0.4, -0.2) is 87.5 Å². The first kappa shape index (κ1) is 41.2. The van der Waals surface area contributed by atoms with Gasteiger partial charge in [-0.2, -0.15) is 0 Å². The summed E-state index contributed by atoms with van der Waals surface area (Å²) in [7, 11) is 0. The van der Waals surface area contributed by atoms with Gasteiger partial charge in [-0.25, -0.2) is 0 Å². The van der Waals surface area contributed by atoms with Crippen LogP contribution in [0.5, 0.6) is 0 Å². The molecule has 9 nitrogen and oxygen atoms in total. The molecule has 1 fully saturated rings. The van der Waals surface area contributed by atoms with Crippen molar-refractivity contribution >= 4 is 5.91 Å². The molecule has 0 aromatic carbocycles. The number of hydrogen-bond donors (Lipinski definition) is 6. The van der Waals surface area contributed by atoms with E-state index < -0.39 is 49.5 Å². The van der Waals surface area contributed by atoms with Crippen molar-refractivity contribution in [1.82, 2.24) is 5.32 Å². The van der Waals surface area contributed by atoms with Gasteiger partial charge in [0.25, 0.3) is 0 Å². The van der Waals surface area contributed by atoms with Crippen molar-refractivity contribution < 1.29 is 39.8 Å². The maximum absolute atomic E-state index is 12.8. The van der Waals surface area contributed by atoms with E-state index in [0.717, 1.165) is 64.2 Å². The Labute approximate surface area is 272 Å². The Bertz CT molecular complexity index is 843. The molecular formula is C36H63NO8. The fourth-order valence-corrected chi connectivity index (χ4v) is 5.07. The van der Waals surface area contributed by atoms with Gasteiger partial charge in [-0.15, -0.1) is 0 Å². The van der Waals surface area contributed by atoms with E-state index >= 15 is 0 Å². The molecule has 6 N–H and O–H groups in total. The predicted octanol–water partition coefficient (Wildman–Crippen LogP) is 5.15. The molecule has 0 aromatic rings. The van der Waals surface area contributed by atoms with Crippen LogP contribution in [0, 0.1) is 0 Å². The summed E-state index contributed by atoms with van der Waals surface area (Å²) in [6.07, 6.45) is 24.6. The molecular weight excluding hydrogens is 574 g/mol. The van der Waals surface area contributed by atoms with E-state index in [-0.39, 0.29) is 12.5 Å². The lowest BCUT2D eigenvalue weighted by Gasteiger charge is -2.40. The first-order valence-electron chi connectivity index (χ1n) is 17.3. The van der Waals surface area contributed by atoms with Crippen molar-refractivity contribution in [3.63, 3.8) is 0 Å². The van der Waals surface area contributed by atoms with Gasteiger partial charge in [0.1, 0.15) is 24.4 Å². The first-order chi connectivity index (χ1) is 21.8. The molecule has 1 saturated heterocycles. The summed E-state index contributed by atoms with van der Waals surface area (Å²) in [5, 5.41) is 53.6. The van der Waals surface area contributed by atoms with E-state index in [0.29, 0.717) is 6.42 Å². The van der Waals surface area contributed by atoms with E-state index in [1.54, 1.807) is 6.08 Å². The highest BCUT2D eigenvalue weighted by atomic mass is 16.7. The number of hydrogen-bond acceptors (Lipinski definition) is 8. The molecule has 260 valence electrons. The zero-order chi connectivity index (χ0) is 33.1. The third kappa shape index (κ3) is 19.4. The lowest BCUT2D eigenvalue weighted by molar-refractivity contribution is -0.302. The van der Waals surface area contributed by atoms with E-state index in [9.17, 15) is 30.3 Å². The molecule has 1 aliphatic heterocycles. The number of allylic oxidation sites excluding steroid dienone is 7. The van der Waals surface area contributed by atoms with Crippen LogP contribution >= 0.6 is 0 Å². The largest absolute Gasteiger partial charge is 0.394 e. The molecule has 7 atom stereocenters. The smallest absolute Gasteiger partial charge is 0.220 e. The van der Waals surface area contributed by atoms with Gasteiger partial charge in [-0.1, -0.05) is 94.1 Å². The van der Waals surface area contributed by atoms with Gasteiger partial charge in [0.05, 0.1) is 25.4 Å². The van der Waals surface area contributed by atoms with Crippen LogP contribution < -0.4 is 5.32 Å². The summed E-state index contributed by atoms with van der Waals surface area (Å²) in [5.41, 5.74) is 0. The van der Waals surface area contributed by atoms with Crippen molar-refractivity contribution in [2.75, 3.05) is 13.2 Å². The fraction of sp³-hybridized carbons (Fsp3) is 0.750. The number of carbonyl (C=O) groups is 1. The Morgan fingerprint density at radius 3 is 2.00 bits per heavy atom. The van der Waals surface area contributed by atoms with Crippen LogP contribution in [0.4, 0.5) is 0 Å². The zero-order valence-electron chi connectivity index (χ0n) is 27.8. The zero-order valence-corrected chi connectivity index (χ0v) is 27.8. The second-order valence-corrected chi connectivity index (χ2v) is 11.9. The van der Waals surface area contributed by atoms with E-state index in [1.807, 2.05) is 19.1 Å². The van der Waals surface area contributed by atoms with Gasteiger partial charge in [0.15, 0.2) is 6.29 Å². The molecule has 0 aromatic heterocycles. The van der Waals surface area contributed by atoms with Gasteiger partial charge in [0, 0.05) is 6.42 Å². The van der Waals surface area contributed by atoms with Gasteiger partial charge < -0.3 is 40.3 Å². The third-order valence-corrected chi connectivity index (χ3v) is 7.95. The lowest BCUT2D eigenvalue weighted by Crippen LogP contribution is -2.60. The van der Waals surface area contributed by atoms with Gasteiger partial charge in [-0.05, 0) is 64.7 Å². The molecule has 0 saturated carbocycles. The van der Waals surface area contributed by atoms with Crippen molar-refractivity contribution in [3.8, 4) is 0 Å². The number of carbonyl (C=O) groups excluding carboxylic acids is 1. The Balaban J connectivity index is 2.52. The van der Waals surface area contributed by atoms with E-state index in [2.05, 4.69) is 42.6 Å². The molecule has 1 amide bonds. The Morgan fingerprint density at radius 1 is 0.778 bits per heavy atom. The van der Waals surface area contributed by atoms with Crippen molar-refractivity contribution in [3.05, 3.63) is 48.6 Å². The molecule has 7 unspecified atom stereocenters. The number of nitrogens with one attached hydrogen (secondary N) is 1. The van der Waals surface area contributed by atoms with E-state index in [1.165, 1.54) is 32.1 Å². The van der Waals surface area contributed by atoms with Gasteiger partial charge in [0.2, 0.25) is 5.91 Å². The highest BCUT2D eigenvalue weighted by Gasteiger charge is 2.44. The Hall–Kier alpha value is -1.85. The third-order valence-electron chi connectivity index (χ3n) is 7.95. The molecule has 0 bridgehead atoms. The quantitative estimate of drug-likeness (QED) is 0.0563. The summed E-state index contributed by atoms with van der Waals surface area (Å²) in [5.74, 6) is -0.208. The fourth-order valence-electron chi connectivity index (χ4n) is 5.07. The molecule has 1 rings (SSSR count). The number of aliphatic hydroxyl groups excluding tert-OH is 5. The minimum Gasteiger partial charge on any atom is -0.394 e. The van der Waals surface area contributed by atoms with Crippen LogP contribution in [-0.2, 0) is 14.3 Å². The molecule has 1 heterocycles. The number of rotatable bonds is 26. The SMILES string of the molecule is C/C=C/CC/C=C/CC/C=C/C(O)C(COC1OC(CO)C(O)C(O)C1O)NC(=O)CCCCCCC/C=C\CCCCCC. The van der Waals surface area contributed by atoms with Crippen LogP contribution in [0.1, 0.15) is 117 Å². The number of ether oxygens (including phenoxy) is 2. The van der Waals surface area contributed by atoms with Crippen LogP contribution in [0.2, 0.25) is 0 Å². The van der Waals surface area contributed by atoms with Crippen molar-refractivity contribution in [2.24, 2.45) is 0 Å². The first-order valence-corrected chi connectivity index (χ1v) is 17.3. The Kier molecular flexibility index (Phi) is 25.0. The summed E-state index contributed by atoms with van der Waals surface area (Å²) in [6.45, 7) is 3.44.